The number of anilines is 1. The number of non-ortho nitro benzene ring substituents is 1. The Morgan fingerprint density at radius 1 is 0.962 bits per heavy atom. The van der Waals surface area contributed by atoms with Gasteiger partial charge in [0.1, 0.15) is 11.2 Å². The predicted octanol–water partition coefficient (Wildman–Crippen LogP) is 4.68. The summed E-state index contributed by atoms with van der Waals surface area (Å²) in [5.74, 6) is -0.200. The number of benzene rings is 3. The Kier molecular flexibility index (Phi) is 3.85. The molecule has 1 aromatic heterocycles. The van der Waals surface area contributed by atoms with Gasteiger partial charge in [-0.15, -0.1) is 0 Å². The molecule has 0 bridgehead atoms. The van der Waals surface area contributed by atoms with E-state index in [9.17, 15) is 14.9 Å². The van der Waals surface area contributed by atoms with Gasteiger partial charge in [-0.05, 0) is 23.8 Å². The third kappa shape index (κ3) is 3.00. The molecule has 1 heterocycles. The van der Waals surface area contributed by atoms with Crippen LogP contribution in [0, 0.1) is 10.1 Å². The largest absolute Gasteiger partial charge is 0.456 e. The second kappa shape index (κ2) is 6.33. The van der Waals surface area contributed by atoms with E-state index in [1.807, 2.05) is 36.4 Å². The molecule has 0 atom stereocenters. The summed E-state index contributed by atoms with van der Waals surface area (Å²) in [6.45, 7) is 0. The van der Waals surface area contributed by atoms with Crippen molar-refractivity contribution in [3.63, 3.8) is 0 Å². The summed E-state index contributed by atoms with van der Waals surface area (Å²) in [6, 6.07) is 19.3. The van der Waals surface area contributed by atoms with Crippen molar-refractivity contribution >= 4 is 39.2 Å². The standard InChI is InChI=1S/C20H14N2O4/c23-20(11-13-5-8-15(9-6-13)22(24)25)21-14-7-10-17-16-3-1-2-4-18(16)26-19(17)12-14/h1-10,12H,11H2,(H,21,23). The molecule has 26 heavy (non-hydrogen) atoms. The average molecular weight is 346 g/mol. The van der Waals surface area contributed by atoms with E-state index in [2.05, 4.69) is 5.32 Å². The number of carbonyl (C=O) groups excluding carboxylic acids is 1. The summed E-state index contributed by atoms with van der Waals surface area (Å²) >= 11 is 0. The molecule has 1 N–H and O–H groups in total. The summed E-state index contributed by atoms with van der Waals surface area (Å²) in [4.78, 5) is 22.4. The summed E-state index contributed by atoms with van der Waals surface area (Å²) in [5, 5.41) is 15.5. The Hall–Kier alpha value is -3.67. The summed E-state index contributed by atoms with van der Waals surface area (Å²) in [5.41, 5.74) is 2.86. The molecule has 1 amide bonds. The third-order valence-corrected chi connectivity index (χ3v) is 4.17. The van der Waals surface area contributed by atoms with Crippen LogP contribution >= 0.6 is 0 Å². The second-order valence-corrected chi connectivity index (χ2v) is 5.96. The fraction of sp³-hybridized carbons (Fsp3) is 0.0500. The molecule has 6 nitrogen and oxygen atoms in total. The molecule has 0 aliphatic rings. The molecule has 0 fully saturated rings. The fourth-order valence-corrected chi connectivity index (χ4v) is 2.93. The number of hydrogen-bond donors (Lipinski definition) is 1. The fourth-order valence-electron chi connectivity index (χ4n) is 2.93. The van der Waals surface area contributed by atoms with E-state index in [1.165, 1.54) is 12.1 Å². The summed E-state index contributed by atoms with van der Waals surface area (Å²) in [7, 11) is 0. The van der Waals surface area contributed by atoms with Gasteiger partial charge in [0.2, 0.25) is 5.91 Å². The van der Waals surface area contributed by atoms with Crippen molar-refractivity contribution in [3.05, 3.63) is 82.4 Å². The molecule has 0 spiro atoms. The Morgan fingerprint density at radius 3 is 2.46 bits per heavy atom. The van der Waals surface area contributed by atoms with E-state index in [0.29, 0.717) is 16.8 Å². The van der Waals surface area contributed by atoms with Crippen molar-refractivity contribution in [2.45, 2.75) is 6.42 Å². The predicted molar refractivity (Wildman–Crippen MR) is 99.2 cm³/mol. The van der Waals surface area contributed by atoms with Gasteiger partial charge in [0.15, 0.2) is 0 Å². The van der Waals surface area contributed by atoms with Crippen molar-refractivity contribution in [3.8, 4) is 0 Å². The van der Waals surface area contributed by atoms with Gasteiger partial charge in [0.05, 0.1) is 11.3 Å². The lowest BCUT2D eigenvalue weighted by Crippen LogP contribution is -2.14. The molecular weight excluding hydrogens is 332 g/mol. The SMILES string of the molecule is O=C(Cc1ccc([N+](=O)[O-])cc1)Nc1ccc2c(c1)oc1ccccc12. The molecule has 6 heteroatoms. The minimum absolute atomic E-state index is 0.00416. The Labute approximate surface area is 148 Å². The smallest absolute Gasteiger partial charge is 0.269 e. The van der Waals surface area contributed by atoms with Crippen molar-refractivity contribution in [1.29, 1.82) is 0 Å². The second-order valence-electron chi connectivity index (χ2n) is 5.96. The van der Waals surface area contributed by atoms with Gasteiger partial charge < -0.3 is 9.73 Å². The minimum Gasteiger partial charge on any atom is -0.456 e. The van der Waals surface area contributed by atoms with Crippen molar-refractivity contribution in [2.24, 2.45) is 0 Å². The Bertz CT molecular complexity index is 1130. The van der Waals surface area contributed by atoms with Gasteiger partial charge in [-0.25, -0.2) is 0 Å². The average Bonchev–Trinajstić information content (AvgIpc) is 2.99. The van der Waals surface area contributed by atoms with Crippen molar-refractivity contribution in [1.82, 2.24) is 0 Å². The van der Waals surface area contributed by atoms with E-state index in [1.54, 1.807) is 18.2 Å². The van der Waals surface area contributed by atoms with Gasteiger partial charge in [0.25, 0.3) is 5.69 Å². The highest BCUT2D eigenvalue weighted by molar-refractivity contribution is 6.06. The van der Waals surface area contributed by atoms with Crippen LogP contribution in [0.5, 0.6) is 0 Å². The van der Waals surface area contributed by atoms with Gasteiger partial charge in [0, 0.05) is 34.7 Å². The van der Waals surface area contributed by atoms with E-state index in [4.69, 9.17) is 4.42 Å². The molecule has 4 aromatic rings. The number of nitro groups is 1. The number of nitro benzene ring substituents is 1. The first kappa shape index (κ1) is 15.8. The zero-order chi connectivity index (χ0) is 18.1. The number of amides is 1. The summed E-state index contributed by atoms with van der Waals surface area (Å²) < 4.78 is 5.81. The van der Waals surface area contributed by atoms with E-state index in [-0.39, 0.29) is 18.0 Å². The molecule has 0 aliphatic carbocycles. The number of hydrogen-bond acceptors (Lipinski definition) is 4. The minimum atomic E-state index is -0.466. The molecule has 0 radical (unpaired) electrons. The third-order valence-electron chi connectivity index (χ3n) is 4.17. The number of furan rings is 1. The maximum Gasteiger partial charge on any atom is 0.269 e. The molecule has 0 saturated heterocycles. The van der Waals surface area contributed by atoms with E-state index < -0.39 is 4.92 Å². The van der Waals surface area contributed by atoms with Crippen LogP contribution in [-0.2, 0) is 11.2 Å². The van der Waals surface area contributed by atoms with Crippen LogP contribution in [0.3, 0.4) is 0 Å². The van der Waals surface area contributed by atoms with Crippen LogP contribution in [0.4, 0.5) is 11.4 Å². The number of nitrogens with one attached hydrogen (secondary N) is 1. The number of para-hydroxylation sites is 1. The van der Waals surface area contributed by atoms with Crippen LogP contribution in [0.15, 0.2) is 71.1 Å². The molecule has 4 rings (SSSR count). The van der Waals surface area contributed by atoms with Gasteiger partial charge in [-0.2, -0.15) is 0 Å². The molecule has 128 valence electrons. The first-order chi connectivity index (χ1) is 12.6. The van der Waals surface area contributed by atoms with Crippen molar-refractivity contribution in [2.75, 3.05) is 5.32 Å². The zero-order valence-electron chi connectivity index (χ0n) is 13.6. The van der Waals surface area contributed by atoms with Crippen LogP contribution < -0.4 is 5.32 Å². The Morgan fingerprint density at radius 2 is 1.69 bits per heavy atom. The van der Waals surface area contributed by atoms with Crippen molar-refractivity contribution < 1.29 is 14.1 Å². The van der Waals surface area contributed by atoms with Gasteiger partial charge >= 0.3 is 0 Å². The van der Waals surface area contributed by atoms with Crippen LogP contribution in [0.25, 0.3) is 21.9 Å². The highest BCUT2D eigenvalue weighted by atomic mass is 16.6. The zero-order valence-corrected chi connectivity index (χ0v) is 13.6. The first-order valence-corrected chi connectivity index (χ1v) is 8.04. The topological polar surface area (TPSA) is 85.4 Å². The molecule has 3 aromatic carbocycles. The van der Waals surface area contributed by atoms with Crippen LogP contribution in [-0.4, -0.2) is 10.8 Å². The van der Waals surface area contributed by atoms with Gasteiger partial charge in [-0.1, -0.05) is 30.3 Å². The molecule has 0 unspecified atom stereocenters. The lowest BCUT2D eigenvalue weighted by Gasteiger charge is -2.05. The number of rotatable bonds is 4. The lowest BCUT2D eigenvalue weighted by atomic mass is 10.1. The highest BCUT2D eigenvalue weighted by Gasteiger charge is 2.10. The van der Waals surface area contributed by atoms with E-state index >= 15 is 0 Å². The Balaban J connectivity index is 1.51. The summed E-state index contributed by atoms with van der Waals surface area (Å²) in [6.07, 6.45) is 0.135. The van der Waals surface area contributed by atoms with Gasteiger partial charge in [-0.3, -0.25) is 14.9 Å². The lowest BCUT2D eigenvalue weighted by molar-refractivity contribution is -0.384. The maximum atomic E-state index is 12.2. The number of nitrogens with zero attached hydrogens (tertiary/aromatic N) is 1. The number of carbonyl (C=O) groups is 1. The number of fused-ring (bicyclic) bond motifs is 3. The molecular formula is C20H14N2O4. The monoisotopic (exact) mass is 346 g/mol. The normalized spacial score (nSPS) is 10.9. The highest BCUT2D eigenvalue weighted by Crippen LogP contribution is 2.30. The first-order valence-electron chi connectivity index (χ1n) is 8.04. The van der Waals surface area contributed by atoms with Crippen LogP contribution in [0.2, 0.25) is 0 Å². The quantitative estimate of drug-likeness (QED) is 0.429. The maximum absolute atomic E-state index is 12.2. The van der Waals surface area contributed by atoms with E-state index in [0.717, 1.165) is 16.4 Å². The molecule has 0 aliphatic heterocycles. The molecule has 0 saturated carbocycles. The van der Waals surface area contributed by atoms with Crippen LogP contribution in [0.1, 0.15) is 5.56 Å².